The molecule has 0 aromatic heterocycles. The Bertz CT molecular complexity index is 236. The van der Waals surface area contributed by atoms with E-state index in [9.17, 15) is 9.90 Å². The van der Waals surface area contributed by atoms with Crippen molar-refractivity contribution in [2.24, 2.45) is 0 Å². The first-order valence-electron chi connectivity index (χ1n) is 6.94. The summed E-state index contributed by atoms with van der Waals surface area (Å²) in [6.45, 7) is 9.41. The highest BCUT2D eigenvalue weighted by molar-refractivity contribution is 5.68. The normalized spacial score (nSPS) is 15.0. The molecular formula is C14H29NO3. The van der Waals surface area contributed by atoms with Crippen LogP contribution in [0, 0.1) is 0 Å². The molecule has 0 fully saturated rings. The van der Waals surface area contributed by atoms with Crippen LogP contribution in [0.2, 0.25) is 0 Å². The lowest BCUT2D eigenvalue weighted by molar-refractivity contribution is 0.0426. The molecule has 2 unspecified atom stereocenters. The molecular weight excluding hydrogens is 230 g/mol. The molecule has 0 saturated heterocycles. The van der Waals surface area contributed by atoms with Crippen LogP contribution in [0.25, 0.3) is 0 Å². The largest absolute Gasteiger partial charge is 0.444 e. The average molecular weight is 259 g/mol. The third-order valence-electron chi connectivity index (χ3n) is 2.68. The first-order chi connectivity index (χ1) is 8.26. The van der Waals surface area contributed by atoms with Crippen LogP contribution in [0.5, 0.6) is 0 Å². The van der Waals surface area contributed by atoms with Gasteiger partial charge in [-0.05, 0) is 34.1 Å². The van der Waals surface area contributed by atoms with Crippen LogP contribution in [-0.2, 0) is 4.74 Å². The van der Waals surface area contributed by atoms with E-state index in [1.54, 1.807) is 6.92 Å². The number of unbranched alkanes of at least 4 members (excludes halogenated alkanes) is 3. The van der Waals surface area contributed by atoms with Gasteiger partial charge in [-0.25, -0.2) is 4.79 Å². The maximum atomic E-state index is 11.5. The molecule has 18 heavy (non-hydrogen) atoms. The summed E-state index contributed by atoms with van der Waals surface area (Å²) in [7, 11) is 0. The summed E-state index contributed by atoms with van der Waals surface area (Å²) in [6.07, 6.45) is 4.25. The van der Waals surface area contributed by atoms with E-state index in [0.717, 1.165) is 19.3 Å². The van der Waals surface area contributed by atoms with Crippen LogP contribution in [0.15, 0.2) is 0 Å². The number of alkyl carbamates (subject to hydrolysis) is 1. The number of hydrogen-bond donors (Lipinski definition) is 2. The first kappa shape index (κ1) is 17.2. The second-order valence-electron chi connectivity index (χ2n) is 5.85. The number of carbonyl (C=O) groups excluding carboxylic acids is 1. The monoisotopic (exact) mass is 259 g/mol. The summed E-state index contributed by atoms with van der Waals surface area (Å²) in [4.78, 5) is 11.5. The van der Waals surface area contributed by atoms with Gasteiger partial charge in [-0.3, -0.25) is 0 Å². The van der Waals surface area contributed by atoms with Crippen molar-refractivity contribution in [1.82, 2.24) is 5.32 Å². The van der Waals surface area contributed by atoms with Crippen molar-refractivity contribution in [2.75, 3.05) is 0 Å². The highest BCUT2D eigenvalue weighted by Crippen LogP contribution is 2.10. The molecule has 1 amide bonds. The van der Waals surface area contributed by atoms with E-state index >= 15 is 0 Å². The van der Waals surface area contributed by atoms with E-state index in [1.165, 1.54) is 12.8 Å². The summed E-state index contributed by atoms with van der Waals surface area (Å²) < 4.78 is 5.14. The van der Waals surface area contributed by atoms with Crippen molar-refractivity contribution in [2.45, 2.75) is 84.5 Å². The fraction of sp³-hybridized carbons (Fsp3) is 0.929. The molecule has 0 aromatic carbocycles. The number of rotatable bonds is 7. The van der Waals surface area contributed by atoms with Gasteiger partial charge in [0.1, 0.15) is 5.60 Å². The molecule has 0 bridgehead atoms. The number of hydrogen-bond acceptors (Lipinski definition) is 3. The Morgan fingerprint density at radius 1 is 1.28 bits per heavy atom. The summed E-state index contributed by atoms with van der Waals surface area (Å²) in [6, 6.07) is -0.276. The minimum Gasteiger partial charge on any atom is -0.444 e. The lowest BCUT2D eigenvalue weighted by Gasteiger charge is -2.24. The van der Waals surface area contributed by atoms with Crippen LogP contribution in [0.3, 0.4) is 0 Å². The van der Waals surface area contributed by atoms with Gasteiger partial charge in [0.2, 0.25) is 0 Å². The SMILES string of the molecule is CCCCCCC(O)C(C)NC(=O)OC(C)(C)C. The minimum absolute atomic E-state index is 0.276. The molecule has 108 valence electrons. The summed E-state index contributed by atoms with van der Waals surface area (Å²) in [5.41, 5.74) is -0.504. The molecule has 0 radical (unpaired) electrons. The first-order valence-corrected chi connectivity index (χ1v) is 6.94. The van der Waals surface area contributed by atoms with E-state index in [1.807, 2.05) is 20.8 Å². The number of aliphatic hydroxyl groups excluding tert-OH is 1. The lowest BCUT2D eigenvalue weighted by Crippen LogP contribution is -2.43. The Balaban J connectivity index is 3.85. The predicted molar refractivity (Wildman–Crippen MR) is 73.6 cm³/mol. The van der Waals surface area contributed by atoms with E-state index in [-0.39, 0.29) is 6.04 Å². The molecule has 0 spiro atoms. The maximum Gasteiger partial charge on any atom is 0.407 e. The van der Waals surface area contributed by atoms with Gasteiger partial charge in [0.25, 0.3) is 0 Å². The van der Waals surface area contributed by atoms with Crippen molar-refractivity contribution < 1.29 is 14.6 Å². The molecule has 0 heterocycles. The van der Waals surface area contributed by atoms with Crippen molar-refractivity contribution in [1.29, 1.82) is 0 Å². The van der Waals surface area contributed by atoms with Crippen molar-refractivity contribution >= 4 is 6.09 Å². The highest BCUT2D eigenvalue weighted by Gasteiger charge is 2.20. The molecule has 0 aliphatic rings. The van der Waals surface area contributed by atoms with Crippen molar-refractivity contribution in [3.8, 4) is 0 Å². The van der Waals surface area contributed by atoms with Gasteiger partial charge in [-0.1, -0.05) is 32.6 Å². The topological polar surface area (TPSA) is 58.6 Å². The van der Waals surface area contributed by atoms with E-state index in [4.69, 9.17) is 4.74 Å². The molecule has 4 heteroatoms. The van der Waals surface area contributed by atoms with Crippen LogP contribution < -0.4 is 5.32 Å². The third kappa shape index (κ3) is 9.28. The quantitative estimate of drug-likeness (QED) is 0.690. The van der Waals surface area contributed by atoms with Gasteiger partial charge in [0.05, 0.1) is 12.1 Å². The number of amides is 1. The van der Waals surface area contributed by atoms with Crippen LogP contribution >= 0.6 is 0 Å². The number of aliphatic hydroxyl groups is 1. The molecule has 0 saturated carbocycles. The van der Waals surface area contributed by atoms with Crippen LogP contribution in [-0.4, -0.2) is 28.9 Å². The molecule has 0 rings (SSSR count). The summed E-state index contributed by atoms with van der Waals surface area (Å²) in [5, 5.41) is 12.6. The van der Waals surface area contributed by atoms with Gasteiger partial charge in [-0.15, -0.1) is 0 Å². The van der Waals surface area contributed by atoms with Crippen molar-refractivity contribution in [3.05, 3.63) is 0 Å². The summed E-state index contributed by atoms with van der Waals surface area (Å²) in [5.74, 6) is 0. The molecule has 0 aliphatic carbocycles. The minimum atomic E-state index is -0.505. The summed E-state index contributed by atoms with van der Waals surface area (Å²) >= 11 is 0. The zero-order valence-electron chi connectivity index (χ0n) is 12.5. The smallest absolute Gasteiger partial charge is 0.407 e. The fourth-order valence-electron chi connectivity index (χ4n) is 1.62. The van der Waals surface area contributed by atoms with E-state index in [0.29, 0.717) is 0 Å². The zero-order valence-corrected chi connectivity index (χ0v) is 12.5. The molecule has 4 nitrogen and oxygen atoms in total. The molecule has 2 N–H and O–H groups in total. The molecule has 2 atom stereocenters. The van der Waals surface area contributed by atoms with Crippen LogP contribution in [0.1, 0.15) is 66.7 Å². The van der Waals surface area contributed by atoms with Crippen molar-refractivity contribution in [3.63, 3.8) is 0 Å². The van der Waals surface area contributed by atoms with E-state index < -0.39 is 17.8 Å². The third-order valence-corrected chi connectivity index (χ3v) is 2.68. The number of ether oxygens (including phenoxy) is 1. The Hall–Kier alpha value is -0.770. The molecule has 0 aromatic rings. The Morgan fingerprint density at radius 3 is 2.39 bits per heavy atom. The Kier molecular flexibility index (Phi) is 8.00. The highest BCUT2D eigenvalue weighted by atomic mass is 16.6. The Labute approximate surface area is 111 Å². The van der Waals surface area contributed by atoms with Gasteiger partial charge < -0.3 is 15.2 Å². The number of nitrogens with one attached hydrogen (secondary N) is 1. The second kappa shape index (κ2) is 8.35. The van der Waals surface area contributed by atoms with Gasteiger partial charge in [0.15, 0.2) is 0 Å². The number of carbonyl (C=O) groups is 1. The fourth-order valence-corrected chi connectivity index (χ4v) is 1.62. The second-order valence-corrected chi connectivity index (χ2v) is 5.85. The van der Waals surface area contributed by atoms with E-state index in [2.05, 4.69) is 12.2 Å². The molecule has 0 aliphatic heterocycles. The zero-order chi connectivity index (χ0) is 14.2. The van der Waals surface area contributed by atoms with Gasteiger partial charge in [-0.2, -0.15) is 0 Å². The van der Waals surface area contributed by atoms with Gasteiger partial charge >= 0.3 is 6.09 Å². The lowest BCUT2D eigenvalue weighted by atomic mass is 10.0. The average Bonchev–Trinajstić information content (AvgIpc) is 2.21. The maximum absolute atomic E-state index is 11.5. The Morgan fingerprint density at radius 2 is 1.89 bits per heavy atom. The standard InChI is InChI=1S/C14H29NO3/c1-6-7-8-9-10-12(16)11(2)15-13(17)18-14(3,4)5/h11-12,16H,6-10H2,1-5H3,(H,15,17). The van der Waals surface area contributed by atoms with Gasteiger partial charge in [0, 0.05) is 0 Å². The van der Waals surface area contributed by atoms with Crippen LogP contribution in [0.4, 0.5) is 4.79 Å². The predicted octanol–water partition coefficient (Wildman–Crippen LogP) is 3.23.